The first-order valence-corrected chi connectivity index (χ1v) is 7.11. The van der Waals surface area contributed by atoms with Crippen LogP contribution >= 0.6 is 0 Å². The summed E-state index contributed by atoms with van der Waals surface area (Å²) in [5.41, 5.74) is -0.0858. The van der Waals surface area contributed by atoms with Crippen molar-refractivity contribution in [1.29, 1.82) is 0 Å². The Morgan fingerprint density at radius 2 is 2.00 bits per heavy atom. The van der Waals surface area contributed by atoms with Crippen LogP contribution in [0, 0.1) is 11.3 Å². The van der Waals surface area contributed by atoms with Crippen molar-refractivity contribution >= 4 is 11.9 Å². The number of aliphatic carboxylic acids is 2. The molecule has 2 unspecified atom stereocenters. The van der Waals surface area contributed by atoms with Crippen molar-refractivity contribution in [3.05, 3.63) is 11.8 Å². The first-order valence-electron chi connectivity index (χ1n) is 7.11. The fourth-order valence-electron chi connectivity index (χ4n) is 2.96. The Morgan fingerprint density at radius 1 is 1.30 bits per heavy atom. The molecule has 0 aliphatic heterocycles. The molecule has 0 aromatic rings. The Bertz CT molecular complexity index is 384. The summed E-state index contributed by atoms with van der Waals surface area (Å²) in [6.07, 6.45) is 5.03. The number of rotatable bonds is 7. The fourth-order valence-corrected chi connectivity index (χ4v) is 2.96. The minimum Gasteiger partial charge on any atom is -0.501 e. The molecule has 20 heavy (non-hydrogen) atoms. The van der Waals surface area contributed by atoms with Crippen LogP contribution in [-0.2, 0) is 14.3 Å². The Hall–Kier alpha value is -1.52. The molecule has 0 aromatic heterocycles. The van der Waals surface area contributed by atoms with E-state index in [9.17, 15) is 19.8 Å². The summed E-state index contributed by atoms with van der Waals surface area (Å²) >= 11 is 0. The second-order valence-corrected chi connectivity index (χ2v) is 5.77. The molecule has 1 fully saturated rings. The lowest BCUT2D eigenvalue weighted by atomic mass is 9.64. The minimum atomic E-state index is -1.13. The molecule has 114 valence electrons. The highest BCUT2D eigenvalue weighted by molar-refractivity contribution is 5.83. The second-order valence-electron chi connectivity index (χ2n) is 5.77. The zero-order valence-corrected chi connectivity index (χ0v) is 12.2. The Kier molecular flexibility index (Phi) is 6.05. The Labute approximate surface area is 119 Å². The third-order valence-electron chi connectivity index (χ3n) is 3.96. The van der Waals surface area contributed by atoms with Crippen molar-refractivity contribution in [2.24, 2.45) is 11.3 Å². The third-order valence-corrected chi connectivity index (χ3v) is 3.96. The molecule has 0 bridgehead atoms. The van der Waals surface area contributed by atoms with Crippen molar-refractivity contribution in [2.75, 3.05) is 6.61 Å². The average molecular weight is 284 g/mol. The molecule has 1 saturated carbocycles. The number of carbonyl (C=O) groups is 2. The van der Waals surface area contributed by atoms with Crippen LogP contribution in [0.1, 0.15) is 52.4 Å². The smallest absolute Gasteiger partial charge is 0.310 e. The van der Waals surface area contributed by atoms with Crippen LogP contribution in [0.2, 0.25) is 0 Å². The van der Waals surface area contributed by atoms with Crippen LogP contribution in [-0.4, -0.2) is 28.8 Å². The SMILES string of the molecule is CC(C)=COCCCC1(C(=O)O)CCCCC1C(=O)O. The molecular weight excluding hydrogens is 260 g/mol. The predicted molar refractivity (Wildman–Crippen MR) is 74.3 cm³/mol. The van der Waals surface area contributed by atoms with Gasteiger partial charge in [-0.2, -0.15) is 0 Å². The van der Waals surface area contributed by atoms with Gasteiger partial charge in [0.2, 0.25) is 0 Å². The zero-order valence-electron chi connectivity index (χ0n) is 12.2. The van der Waals surface area contributed by atoms with Gasteiger partial charge >= 0.3 is 11.9 Å². The highest BCUT2D eigenvalue weighted by Crippen LogP contribution is 2.45. The number of allylic oxidation sites excluding steroid dienone is 1. The molecule has 1 aliphatic carbocycles. The summed E-state index contributed by atoms with van der Waals surface area (Å²) in [5, 5.41) is 18.8. The molecule has 0 amide bonds. The van der Waals surface area contributed by atoms with Crippen molar-refractivity contribution in [3.63, 3.8) is 0 Å². The van der Waals surface area contributed by atoms with E-state index in [0.717, 1.165) is 18.4 Å². The van der Waals surface area contributed by atoms with Crippen LogP contribution in [0.5, 0.6) is 0 Å². The van der Waals surface area contributed by atoms with Crippen LogP contribution in [0.3, 0.4) is 0 Å². The van der Waals surface area contributed by atoms with Gasteiger partial charge in [0.05, 0.1) is 24.2 Å². The van der Waals surface area contributed by atoms with Gasteiger partial charge in [-0.25, -0.2) is 0 Å². The lowest BCUT2D eigenvalue weighted by Gasteiger charge is -2.38. The molecule has 2 N–H and O–H groups in total. The van der Waals surface area contributed by atoms with Gasteiger partial charge in [-0.15, -0.1) is 0 Å². The number of carboxylic acid groups (broad SMARTS) is 2. The van der Waals surface area contributed by atoms with Gasteiger partial charge in [0.25, 0.3) is 0 Å². The maximum Gasteiger partial charge on any atom is 0.310 e. The van der Waals surface area contributed by atoms with Gasteiger partial charge in [-0.3, -0.25) is 9.59 Å². The summed E-state index contributed by atoms with van der Waals surface area (Å²) in [7, 11) is 0. The van der Waals surface area contributed by atoms with Crippen LogP contribution < -0.4 is 0 Å². The number of hydrogen-bond donors (Lipinski definition) is 2. The number of hydrogen-bond acceptors (Lipinski definition) is 3. The van der Waals surface area contributed by atoms with E-state index < -0.39 is 23.3 Å². The second kappa shape index (κ2) is 7.31. The molecule has 0 aromatic carbocycles. The van der Waals surface area contributed by atoms with Gasteiger partial charge in [-0.1, -0.05) is 12.8 Å². The minimum absolute atomic E-state index is 0.357. The monoisotopic (exact) mass is 284 g/mol. The quantitative estimate of drug-likeness (QED) is 0.554. The molecule has 5 nitrogen and oxygen atoms in total. The van der Waals surface area contributed by atoms with Crippen molar-refractivity contribution in [3.8, 4) is 0 Å². The molecular formula is C15H24O5. The van der Waals surface area contributed by atoms with Gasteiger partial charge in [-0.05, 0) is 45.1 Å². The summed E-state index contributed by atoms with van der Waals surface area (Å²) in [6, 6.07) is 0. The van der Waals surface area contributed by atoms with Gasteiger partial charge < -0.3 is 14.9 Å². The van der Waals surface area contributed by atoms with Gasteiger partial charge in [0.15, 0.2) is 0 Å². The van der Waals surface area contributed by atoms with E-state index in [4.69, 9.17) is 4.74 Å². The lowest BCUT2D eigenvalue weighted by Crippen LogP contribution is -2.45. The molecule has 5 heteroatoms. The van der Waals surface area contributed by atoms with Crippen molar-refractivity contribution in [1.82, 2.24) is 0 Å². The first kappa shape index (κ1) is 16.5. The molecule has 1 rings (SSSR count). The van der Waals surface area contributed by atoms with E-state index in [2.05, 4.69) is 0 Å². The van der Waals surface area contributed by atoms with E-state index in [1.807, 2.05) is 13.8 Å². The molecule has 1 aliphatic rings. The zero-order chi connectivity index (χ0) is 15.2. The molecule has 0 radical (unpaired) electrons. The fraction of sp³-hybridized carbons (Fsp3) is 0.733. The van der Waals surface area contributed by atoms with Crippen LogP contribution in [0.15, 0.2) is 11.8 Å². The summed E-state index contributed by atoms with van der Waals surface area (Å²) < 4.78 is 5.30. The predicted octanol–water partition coefficient (Wildman–Crippen LogP) is 3.05. The van der Waals surface area contributed by atoms with Gasteiger partial charge in [0, 0.05) is 0 Å². The topological polar surface area (TPSA) is 83.8 Å². The van der Waals surface area contributed by atoms with E-state index in [-0.39, 0.29) is 0 Å². The highest BCUT2D eigenvalue weighted by Gasteiger charge is 2.50. The first-order chi connectivity index (χ1) is 9.40. The molecule has 0 spiro atoms. The lowest BCUT2D eigenvalue weighted by molar-refractivity contribution is -0.167. The standard InChI is InChI=1S/C15H24O5/c1-11(2)10-20-9-5-8-15(14(18)19)7-4-3-6-12(15)13(16)17/h10,12H,3-9H2,1-2H3,(H,16,17)(H,18,19). The summed E-state index contributed by atoms with van der Waals surface area (Å²) in [5.74, 6) is -2.75. The summed E-state index contributed by atoms with van der Waals surface area (Å²) in [4.78, 5) is 23.0. The third kappa shape index (κ3) is 3.99. The van der Waals surface area contributed by atoms with E-state index in [0.29, 0.717) is 32.3 Å². The number of carboxylic acids is 2. The average Bonchev–Trinajstić information content (AvgIpc) is 2.37. The largest absolute Gasteiger partial charge is 0.501 e. The van der Waals surface area contributed by atoms with Crippen molar-refractivity contribution in [2.45, 2.75) is 52.4 Å². The highest BCUT2D eigenvalue weighted by atomic mass is 16.5. The van der Waals surface area contributed by atoms with Gasteiger partial charge in [0.1, 0.15) is 0 Å². The maximum absolute atomic E-state index is 11.6. The van der Waals surface area contributed by atoms with Crippen LogP contribution in [0.4, 0.5) is 0 Å². The molecule has 0 saturated heterocycles. The van der Waals surface area contributed by atoms with Crippen LogP contribution in [0.25, 0.3) is 0 Å². The maximum atomic E-state index is 11.6. The molecule has 0 heterocycles. The summed E-state index contributed by atoms with van der Waals surface area (Å²) in [6.45, 7) is 4.26. The van der Waals surface area contributed by atoms with E-state index in [1.54, 1.807) is 6.26 Å². The van der Waals surface area contributed by atoms with Crippen molar-refractivity contribution < 1.29 is 24.5 Å². The molecule has 2 atom stereocenters. The van der Waals surface area contributed by atoms with E-state index in [1.165, 1.54) is 0 Å². The Morgan fingerprint density at radius 3 is 2.55 bits per heavy atom. The normalized spacial score (nSPS) is 25.8. The Balaban J connectivity index is 2.68. The number of ether oxygens (including phenoxy) is 1. The van der Waals surface area contributed by atoms with E-state index >= 15 is 0 Å².